The molecule has 12 heteroatoms. The van der Waals surface area contributed by atoms with Crippen LogP contribution in [0, 0.1) is 12.8 Å². The standard InChI is InChI=1S/C35H50N4O8/c1-24-12-14-28(21-27(24)22-36)45-19-16-26-11-8-18-39(23-26)34(44)46-20-17-29(38-33(43)47-35(2,3)4)31(40)37-30(32(41)42)15-13-25-9-6-5-7-10-25/h5-7,9-10,12,14,21,26,29-30H,8,11,13,15-20,22-23,36H2,1-4H3,(H,37,40)(H,38,43)(H,41,42)/t26?,29-,30-/m0/s1. The third kappa shape index (κ3) is 13.1. The number of aryl methyl sites for hydroxylation is 2. The Balaban J connectivity index is 1.52. The quantitative estimate of drug-likeness (QED) is 0.215. The van der Waals surface area contributed by atoms with Gasteiger partial charge in [0.25, 0.3) is 0 Å². The fourth-order valence-electron chi connectivity index (χ4n) is 5.33. The number of carboxylic acids is 1. The SMILES string of the molecule is Cc1ccc(OCCC2CCCN(C(=O)OCC[C@H](NC(=O)OC(C)(C)C)C(=O)N[C@@H](CCc3ccccc3)C(=O)O)C2)cc1CN. The summed E-state index contributed by atoms with van der Waals surface area (Å²) in [5.74, 6) is -0.891. The number of carboxylic acid groups (broad SMARTS) is 1. The van der Waals surface area contributed by atoms with Gasteiger partial charge in [-0.15, -0.1) is 0 Å². The number of amides is 3. The van der Waals surface area contributed by atoms with Gasteiger partial charge >= 0.3 is 18.2 Å². The molecule has 2 aromatic rings. The summed E-state index contributed by atoms with van der Waals surface area (Å²) >= 11 is 0. The number of benzene rings is 2. The number of nitrogens with zero attached hydrogens (tertiary/aromatic N) is 1. The Labute approximate surface area is 277 Å². The van der Waals surface area contributed by atoms with Gasteiger partial charge in [-0.1, -0.05) is 36.4 Å². The van der Waals surface area contributed by atoms with E-state index in [-0.39, 0.29) is 25.4 Å². The van der Waals surface area contributed by atoms with Gasteiger partial charge in [0.05, 0.1) is 13.2 Å². The van der Waals surface area contributed by atoms with E-state index in [1.807, 2.05) is 55.5 Å². The molecule has 1 fully saturated rings. The van der Waals surface area contributed by atoms with Crippen molar-refractivity contribution < 1.29 is 38.5 Å². The lowest BCUT2D eigenvalue weighted by atomic mass is 9.95. The summed E-state index contributed by atoms with van der Waals surface area (Å²) in [5, 5.41) is 14.8. The lowest BCUT2D eigenvalue weighted by molar-refractivity contribution is -0.142. The van der Waals surface area contributed by atoms with E-state index in [1.165, 1.54) is 0 Å². The molecule has 258 valence electrons. The molecule has 0 aliphatic carbocycles. The van der Waals surface area contributed by atoms with Gasteiger partial charge < -0.3 is 40.6 Å². The molecule has 0 aromatic heterocycles. The molecule has 3 rings (SSSR count). The van der Waals surface area contributed by atoms with E-state index in [1.54, 1.807) is 25.7 Å². The van der Waals surface area contributed by atoms with Crippen LogP contribution in [0.5, 0.6) is 5.75 Å². The number of carbonyl (C=O) groups is 4. The lowest BCUT2D eigenvalue weighted by Gasteiger charge is -2.32. The van der Waals surface area contributed by atoms with E-state index in [9.17, 15) is 24.3 Å². The Morgan fingerprint density at radius 1 is 1.02 bits per heavy atom. The highest BCUT2D eigenvalue weighted by Gasteiger charge is 2.30. The highest BCUT2D eigenvalue weighted by Crippen LogP contribution is 2.22. The van der Waals surface area contributed by atoms with Crippen LogP contribution in [0.1, 0.15) is 69.6 Å². The number of likely N-dealkylation sites (tertiary alicyclic amines) is 1. The van der Waals surface area contributed by atoms with Crippen LogP contribution in [-0.4, -0.2) is 78.1 Å². The van der Waals surface area contributed by atoms with Gasteiger partial charge in [-0.25, -0.2) is 14.4 Å². The molecule has 0 bridgehead atoms. The number of nitrogens with one attached hydrogen (secondary N) is 2. The van der Waals surface area contributed by atoms with Crippen molar-refractivity contribution in [3.8, 4) is 5.75 Å². The van der Waals surface area contributed by atoms with Crippen molar-refractivity contribution in [1.29, 1.82) is 0 Å². The zero-order valence-corrected chi connectivity index (χ0v) is 28.0. The zero-order chi connectivity index (χ0) is 34.4. The first kappa shape index (κ1) is 37.1. The minimum absolute atomic E-state index is 0.0751. The van der Waals surface area contributed by atoms with E-state index >= 15 is 0 Å². The molecule has 47 heavy (non-hydrogen) atoms. The van der Waals surface area contributed by atoms with E-state index in [0.29, 0.717) is 32.7 Å². The summed E-state index contributed by atoms with van der Waals surface area (Å²) in [4.78, 5) is 52.3. The number of rotatable bonds is 15. The monoisotopic (exact) mass is 654 g/mol. The van der Waals surface area contributed by atoms with Gasteiger partial charge in [0.15, 0.2) is 0 Å². The van der Waals surface area contributed by atoms with Crippen LogP contribution in [-0.2, 0) is 32.0 Å². The highest BCUT2D eigenvalue weighted by molar-refractivity contribution is 5.89. The summed E-state index contributed by atoms with van der Waals surface area (Å²) in [6.45, 7) is 8.93. The van der Waals surface area contributed by atoms with Crippen LogP contribution >= 0.6 is 0 Å². The van der Waals surface area contributed by atoms with Crippen molar-refractivity contribution >= 4 is 24.1 Å². The Morgan fingerprint density at radius 3 is 2.45 bits per heavy atom. The summed E-state index contributed by atoms with van der Waals surface area (Å²) in [6, 6.07) is 12.8. The zero-order valence-electron chi connectivity index (χ0n) is 28.0. The number of hydrogen-bond donors (Lipinski definition) is 4. The van der Waals surface area contributed by atoms with Crippen molar-refractivity contribution in [3.63, 3.8) is 0 Å². The number of aliphatic carboxylic acids is 1. The van der Waals surface area contributed by atoms with E-state index in [2.05, 4.69) is 10.6 Å². The van der Waals surface area contributed by atoms with Crippen molar-refractivity contribution in [1.82, 2.24) is 15.5 Å². The van der Waals surface area contributed by atoms with Crippen LogP contribution < -0.4 is 21.1 Å². The molecule has 1 aliphatic rings. The fourth-order valence-corrected chi connectivity index (χ4v) is 5.33. The molecule has 0 saturated carbocycles. The number of ether oxygens (including phenoxy) is 3. The summed E-state index contributed by atoms with van der Waals surface area (Å²) in [6.07, 6.45) is 1.72. The molecule has 3 amide bonds. The minimum Gasteiger partial charge on any atom is -0.494 e. The van der Waals surface area contributed by atoms with Crippen LogP contribution in [0.4, 0.5) is 9.59 Å². The third-order valence-electron chi connectivity index (χ3n) is 7.93. The average molecular weight is 655 g/mol. The van der Waals surface area contributed by atoms with E-state index in [4.69, 9.17) is 19.9 Å². The Morgan fingerprint density at radius 2 is 1.77 bits per heavy atom. The number of carbonyl (C=O) groups excluding carboxylic acids is 3. The average Bonchev–Trinajstić information content (AvgIpc) is 3.02. The summed E-state index contributed by atoms with van der Waals surface area (Å²) < 4.78 is 16.8. The van der Waals surface area contributed by atoms with Crippen molar-refractivity contribution in [3.05, 3.63) is 65.2 Å². The maximum Gasteiger partial charge on any atom is 0.409 e. The molecule has 2 aromatic carbocycles. The Hall–Kier alpha value is -4.32. The maximum atomic E-state index is 13.2. The smallest absolute Gasteiger partial charge is 0.409 e. The van der Waals surface area contributed by atoms with Gasteiger partial charge in [-0.05, 0) is 94.5 Å². The number of alkyl carbamates (subject to hydrolysis) is 1. The van der Waals surface area contributed by atoms with E-state index < -0.39 is 41.7 Å². The van der Waals surface area contributed by atoms with Crippen LogP contribution in [0.25, 0.3) is 0 Å². The molecule has 3 atom stereocenters. The van der Waals surface area contributed by atoms with Gasteiger partial charge in [0.2, 0.25) is 5.91 Å². The molecule has 1 unspecified atom stereocenters. The summed E-state index contributed by atoms with van der Waals surface area (Å²) in [7, 11) is 0. The number of hydrogen-bond acceptors (Lipinski definition) is 8. The number of piperidine rings is 1. The molecule has 1 aliphatic heterocycles. The Kier molecular flexibility index (Phi) is 14.3. The molecular weight excluding hydrogens is 604 g/mol. The highest BCUT2D eigenvalue weighted by atomic mass is 16.6. The predicted molar refractivity (Wildman–Crippen MR) is 177 cm³/mol. The second kappa shape index (κ2) is 18.1. The maximum absolute atomic E-state index is 13.2. The molecule has 0 spiro atoms. The van der Waals surface area contributed by atoms with Crippen molar-refractivity contribution in [2.75, 3.05) is 26.3 Å². The number of nitrogens with two attached hydrogens (primary N) is 1. The summed E-state index contributed by atoms with van der Waals surface area (Å²) in [5.41, 5.74) is 8.09. The topological polar surface area (TPSA) is 170 Å². The predicted octanol–water partition coefficient (Wildman–Crippen LogP) is 4.56. The van der Waals surface area contributed by atoms with Crippen LogP contribution in [0.15, 0.2) is 48.5 Å². The molecule has 12 nitrogen and oxygen atoms in total. The van der Waals surface area contributed by atoms with Crippen molar-refractivity contribution in [2.45, 2.75) is 90.4 Å². The van der Waals surface area contributed by atoms with Crippen LogP contribution in [0.2, 0.25) is 0 Å². The molecule has 1 heterocycles. The molecule has 0 radical (unpaired) electrons. The molecular formula is C35H50N4O8. The molecule has 1 saturated heterocycles. The second-order valence-electron chi connectivity index (χ2n) is 12.9. The fraction of sp³-hybridized carbons (Fsp3) is 0.543. The first-order chi connectivity index (χ1) is 22.3. The first-order valence-electron chi connectivity index (χ1n) is 16.3. The van der Waals surface area contributed by atoms with E-state index in [0.717, 1.165) is 41.7 Å². The van der Waals surface area contributed by atoms with Gasteiger partial charge in [-0.3, -0.25) is 4.79 Å². The largest absolute Gasteiger partial charge is 0.494 e. The third-order valence-corrected chi connectivity index (χ3v) is 7.93. The van der Waals surface area contributed by atoms with Gasteiger partial charge in [0, 0.05) is 26.1 Å². The second-order valence-corrected chi connectivity index (χ2v) is 12.9. The molecule has 5 N–H and O–H groups in total. The first-order valence-corrected chi connectivity index (χ1v) is 16.3. The minimum atomic E-state index is -1.19. The van der Waals surface area contributed by atoms with Crippen LogP contribution in [0.3, 0.4) is 0 Å². The van der Waals surface area contributed by atoms with Gasteiger partial charge in [0.1, 0.15) is 23.4 Å². The van der Waals surface area contributed by atoms with Crippen molar-refractivity contribution in [2.24, 2.45) is 11.7 Å². The Bertz CT molecular complexity index is 1330. The van der Waals surface area contributed by atoms with Gasteiger partial charge in [-0.2, -0.15) is 0 Å². The normalized spacial score (nSPS) is 16.0. The lowest BCUT2D eigenvalue weighted by Crippen LogP contribution is -2.53.